The number of methoxy groups -OCH3 is 1. The maximum absolute atomic E-state index is 5.44. The minimum absolute atomic E-state index is 0.401. The minimum atomic E-state index is 0.401. The molecule has 0 bridgehead atoms. The first kappa shape index (κ1) is 18.2. The van der Waals surface area contributed by atoms with E-state index in [-0.39, 0.29) is 0 Å². The lowest BCUT2D eigenvalue weighted by Crippen LogP contribution is -2.28. The van der Waals surface area contributed by atoms with Crippen LogP contribution in [0.15, 0.2) is 78.9 Å². The van der Waals surface area contributed by atoms with Gasteiger partial charge in [-0.3, -0.25) is 0 Å². The van der Waals surface area contributed by atoms with Crippen molar-refractivity contribution in [3.05, 3.63) is 101 Å². The van der Waals surface area contributed by atoms with Crippen molar-refractivity contribution < 1.29 is 4.74 Å². The molecule has 1 unspecified atom stereocenters. The van der Waals surface area contributed by atoms with Crippen molar-refractivity contribution >= 4 is 0 Å². The minimum Gasteiger partial charge on any atom is -0.497 e. The molecule has 3 aromatic rings. The molecule has 0 amide bonds. The Labute approximate surface area is 156 Å². The Morgan fingerprint density at radius 2 is 1.46 bits per heavy atom. The third-order valence-electron chi connectivity index (χ3n) is 4.67. The Bertz CT molecular complexity index is 799. The molecular weight excluding hydrogens is 318 g/mol. The van der Waals surface area contributed by atoms with E-state index in [1.807, 2.05) is 0 Å². The average Bonchev–Trinajstić information content (AvgIpc) is 2.69. The van der Waals surface area contributed by atoms with E-state index < -0.39 is 0 Å². The van der Waals surface area contributed by atoms with Crippen LogP contribution in [0.1, 0.15) is 29.2 Å². The van der Waals surface area contributed by atoms with Crippen LogP contribution in [-0.4, -0.2) is 13.2 Å². The van der Waals surface area contributed by atoms with Crippen molar-refractivity contribution in [3.8, 4) is 5.75 Å². The fourth-order valence-electron chi connectivity index (χ4n) is 3.20. The SMILES string of the molecule is COc1ccc(CC(C)NCc2ccccc2)c(Cc2ccccc2)c1. The van der Waals surface area contributed by atoms with Crippen LogP contribution in [-0.2, 0) is 19.4 Å². The molecule has 0 aromatic heterocycles. The Morgan fingerprint density at radius 1 is 0.808 bits per heavy atom. The second-order valence-corrected chi connectivity index (χ2v) is 6.77. The van der Waals surface area contributed by atoms with E-state index in [9.17, 15) is 0 Å². The van der Waals surface area contributed by atoms with Gasteiger partial charge in [0.25, 0.3) is 0 Å². The van der Waals surface area contributed by atoms with Gasteiger partial charge in [0.1, 0.15) is 5.75 Å². The zero-order chi connectivity index (χ0) is 18.2. The van der Waals surface area contributed by atoms with Gasteiger partial charge in [0.15, 0.2) is 0 Å². The van der Waals surface area contributed by atoms with Gasteiger partial charge in [0.05, 0.1) is 7.11 Å². The zero-order valence-electron chi connectivity index (χ0n) is 15.6. The summed E-state index contributed by atoms with van der Waals surface area (Å²) in [6.07, 6.45) is 1.93. The summed E-state index contributed by atoms with van der Waals surface area (Å²) in [4.78, 5) is 0. The van der Waals surface area contributed by atoms with Gasteiger partial charge in [0, 0.05) is 12.6 Å². The quantitative estimate of drug-likeness (QED) is 0.620. The van der Waals surface area contributed by atoms with Crippen molar-refractivity contribution in [2.75, 3.05) is 7.11 Å². The van der Waals surface area contributed by atoms with Gasteiger partial charge in [-0.05, 0) is 54.2 Å². The smallest absolute Gasteiger partial charge is 0.119 e. The summed E-state index contributed by atoms with van der Waals surface area (Å²) < 4.78 is 5.44. The second kappa shape index (κ2) is 9.21. The maximum atomic E-state index is 5.44. The predicted molar refractivity (Wildman–Crippen MR) is 109 cm³/mol. The van der Waals surface area contributed by atoms with E-state index in [2.05, 4.69) is 91.1 Å². The Morgan fingerprint density at radius 3 is 2.12 bits per heavy atom. The van der Waals surface area contributed by atoms with Crippen LogP contribution < -0.4 is 10.1 Å². The lowest BCUT2D eigenvalue weighted by Gasteiger charge is -2.17. The topological polar surface area (TPSA) is 21.3 Å². The number of nitrogens with one attached hydrogen (secondary N) is 1. The van der Waals surface area contributed by atoms with Gasteiger partial charge in [-0.25, -0.2) is 0 Å². The summed E-state index contributed by atoms with van der Waals surface area (Å²) in [7, 11) is 1.73. The molecule has 0 aliphatic heterocycles. The van der Waals surface area contributed by atoms with Crippen LogP contribution in [0.3, 0.4) is 0 Å². The van der Waals surface area contributed by atoms with E-state index in [1.165, 1.54) is 22.3 Å². The molecule has 0 heterocycles. The second-order valence-electron chi connectivity index (χ2n) is 6.77. The van der Waals surface area contributed by atoms with Gasteiger partial charge in [-0.2, -0.15) is 0 Å². The number of ether oxygens (including phenoxy) is 1. The Kier molecular flexibility index (Phi) is 6.45. The number of hydrogen-bond acceptors (Lipinski definition) is 2. The van der Waals surface area contributed by atoms with Crippen molar-refractivity contribution in [2.24, 2.45) is 0 Å². The normalized spacial score (nSPS) is 11.9. The molecule has 2 heteroatoms. The maximum Gasteiger partial charge on any atom is 0.119 e. The van der Waals surface area contributed by atoms with Crippen LogP contribution in [0, 0.1) is 0 Å². The summed E-state index contributed by atoms with van der Waals surface area (Å²) in [5.41, 5.74) is 5.36. The highest BCUT2D eigenvalue weighted by Gasteiger charge is 2.10. The van der Waals surface area contributed by atoms with Gasteiger partial charge in [-0.15, -0.1) is 0 Å². The van der Waals surface area contributed by atoms with E-state index in [4.69, 9.17) is 4.74 Å². The number of rotatable bonds is 8. The lowest BCUT2D eigenvalue weighted by molar-refractivity contribution is 0.414. The Hall–Kier alpha value is -2.58. The summed E-state index contributed by atoms with van der Waals surface area (Å²) in [5, 5.41) is 3.64. The Balaban J connectivity index is 1.69. The summed E-state index contributed by atoms with van der Waals surface area (Å²) in [6, 6.07) is 28.0. The lowest BCUT2D eigenvalue weighted by atomic mass is 9.95. The van der Waals surface area contributed by atoms with Crippen molar-refractivity contribution in [1.29, 1.82) is 0 Å². The third-order valence-corrected chi connectivity index (χ3v) is 4.67. The summed E-state index contributed by atoms with van der Waals surface area (Å²) in [5.74, 6) is 0.921. The van der Waals surface area contributed by atoms with Crippen LogP contribution >= 0.6 is 0 Å². The van der Waals surface area contributed by atoms with Crippen molar-refractivity contribution in [1.82, 2.24) is 5.32 Å². The van der Waals surface area contributed by atoms with Crippen LogP contribution in [0.25, 0.3) is 0 Å². The average molecular weight is 345 g/mol. The highest BCUT2D eigenvalue weighted by atomic mass is 16.5. The van der Waals surface area contributed by atoms with Crippen LogP contribution in [0.2, 0.25) is 0 Å². The summed E-state index contributed by atoms with van der Waals surface area (Å²) >= 11 is 0. The van der Waals surface area contributed by atoms with E-state index in [0.29, 0.717) is 6.04 Å². The van der Waals surface area contributed by atoms with Crippen LogP contribution in [0.4, 0.5) is 0 Å². The molecule has 0 aliphatic carbocycles. The standard InChI is InChI=1S/C24H27NO/c1-19(25-18-21-11-7-4-8-12-21)15-22-13-14-24(26-2)17-23(22)16-20-9-5-3-6-10-20/h3-14,17,19,25H,15-16,18H2,1-2H3. The molecule has 3 aromatic carbocycles. The summed E-state index contributed by atoms with van der Waals surface area (Å²) in [6.45, 7) is 3.14. The molecule has 2 nitrogen and oxygen atoms in total. The predicted octanol–water partition coefficient (Wildman–Crippen LogP) is 5.01. The monoisotopic (exact) mass is 345 g/mol. The zero-order valence-corrected chi connectivity index (χ0v) is 15.6. The van der Waals surface area contributed by atoms with Crippen molar-refractivity contribution in [3.63, 3.8) is 0 Å². The third kappa shape index (κ3) is 5.21. The molecule has 134 valence electrons. The highest BCUT2D eigenvalue weighted by molar-refractivity contribution is 5.39. The molecular formula is C24H27NO. The van der Waals surface area contributed by atoms with Crippen molar-refractivity contribution in [2.45, 2.75) is 32.4 Å². The molecule has 1 atom stereocenters. The first-order valence-electron chi connectivity index (χ1n) is 9.21. The molecule has 3 rings (SSSR count). The van der Waals surface area contributed by atoms with Gasteiger partial charge >= 0.3 is 0 Å². The molecule has 0 saturated carbocycles. The molecule has 0 saturated heterocycles. The largest absolute Gasteiger partial charge is 0.497 e. The van der Waals surface area contributed by atoms with Gasteiger partial charge in [0.2, 0.25) is 0 Å². The number of benzene rings is 3. The first-order chi connectivity index (χ1) is 12.7. The molecule has 0 spiro atoms. The van der Waals surface area contributed by atoms with E-state index in [1.54, 1.807) is 7.11 Å². The molecule has 1 N–H and O–H groups in total. The highest BCUT2D eigenvalue weighted by Crippen LogP contribution is 2.22. The molecule has 0 radical (unpaired) electrons. The van der Waals surface area contributed by atoms with Crippen LogP contribution in [0.5, 0.6) is 5.75 Å². The number of hydrogen-bond donors (Lipinski definition) is 1. The van der Waals surface area contributed by atoms with Gasteiger partial charge < -0.3 is 10.1 Å². The van der Waals surface area contributed by atoms with E-state index in [0.717, 1.165) is 25.1 Å². The molecule has 0 fully saturated rings. The van der Waals surface area contributed by atoms with E-state index >= 15 is 0 Å². The molecule has 0 aliphatic rings. The first-order valence-corrected chi connectivity index (χ1v) is 9.21. The van der Waals surface area contributed by atoms with Gasteiger partial charge in [-0.1, -0.05) is 66.7 Å². The fourth-order valence-corrected chi connectivity index (χ4v) is 3.20. The molecule has 26 heavy (non-hydrogen) atoms. The fraction of sp³-hybridized carbons (Fsp3) is 0.250.